The third-order valence-electron chi connectivity index (χ3n) is 5.37. The summed E-state index contributed by atoms with van der Waals surface area (Å²) in [5, 5.41) is 30.0. The predicted octanol–water partition coefficient (Wildman–Crippen LogP) is 6.99. The lowest BCUT2D eigenvalue weighted by atomic mass is 10.1. The largest absolute Gasteiger partial charge is 0.508 e. The number of phenolic OH excluding ortho intramolecular Hbond substituents is 3. The first kappa shape index (κ1) is 21.1. The zero-order valence-corrected chi connectivity index (χ0v) is 18.2. The fourth-order valence-corrected chi connectivity index (χ4v) is 3.53. The van der Waals surface area contributed by atoms with Gasteiger partial charge in [0.05, 0.1) is 5.69 Å². The van der Waals surface area contributed by atoms with E-state index in [4.69, 9.17) is 4.74 Å². The zero-order chi connectivity index (χ0) is 22.8. The first-order valence-corrected chi connectivity index (χ1v) is 10.3. The van der Waals surface area contributed by atoms with E-state index in [-0.39, 0.29) is 17.2 Å². The topological polar surface area (TPSA) is 73.2 Å². The number of aromatic hydroxyl groups is 3. The molecule has 0 aliphatic heterocycles. The fourth-order valence-electron chi connectivity index (χ4n) is 3.53. The maximum Gasteiger partial charge on any atom is 0.151 e. The van der Waals surface area contributed by atoms with Crippen LogP contribution in [0.1, 0.15) is 16.7 Å². The Kier molecular flexibility index (Phi) is 5.65. The minimum atomic E-state index is 0.128. The lowest BCUT2D eigenvalue weighted by Gasteiger charge is -2.28. The van der Waals surface area contributed by atoms with Gasteiger partial charge in [0.25, 0.3) is 0 Å². The van der Waals surface area contributed by atoms with Crippen LogP contribution in [0.4, 0.5) is 17.1 Å². The first-order chi connectivity index (χ1) is 15.3. The number of ether oxygens (including phenoxy) is 1. The SMILES string of the molecule is Cc1cc(N(c2ccc(O)c(C)c2)c2ccccc2Oc2cc(O)ccc2C)ccc1O. The van der Waals surface area contributed by atoms with Gasteiger partial charge in [0.15, 0.2) is 5.75 Å². The number of benzene rings is 4. The van der Waals surface area contributed by atoms with E-state index in [1.807, 2.05) is 74.2 Å². The van der Waals surface area contributed by atoms with Crippen LogP contribution in [0.5, 0.6) is 28.7 Å². The second-order valence-corrected chi connectivity index (χ2v) is 7.80. The molecule has 0 heterocycles. The van der Waals surface area contributed by atoms with Crippen molar-refractivity contribution in [2.24, 2.45) is 0 Å². The van der Waals surface area contributed by atoms with Gasteiger partial charge in [-0.05, 0) is 92.1 Å². The van der Waals surface area contributed by atoms with E-state index in [0.717, 1.165) is 33.8 Å². The molecule has 0 aromatic heterocycles. The molecule has 0 spiro atoms. The second kappa shape index (κ2) is 8.55. The van der Waals surface area contributed by atoms with Crippen molar-refractivity contribution in [1.29, 1.82) is 0 Å². The van der Waals surface area contributed by atoms with Crippen molar-refractivity contribution in [2.75, 3.05) is 4.90 Å². The van der Waals surface area contributed by atoms with E-state index in [0.29, 0.717) is 11.5 Å². The highest BCUT2D eigenvalue weighted by Crippen LogP contribution is 2.43. The Bertz CT molecular complexity index is 1230. The molecule has 0 unspecified atom stereocenters. The zero-order valence-electron chi connectivity index (χ0n) is 18.2. The number of hydrogen-bond donors (Lipinski definition) is 3. The third-order valence-corrected chi connectivity index (χ3v) is 5.37. The van der Waals surface area contributed by atoms with Crippen LogP contribution in [0.2, 0.25) is 0 Å². The molecular formula is C27H25NO4. The lowest BCUT2D eigenvalue weighted by Crippen LogP contribution is -2.11. The van der Waals surface area contributed by atoms with Crippen LogP contribution in [0, 0.1) is 20.8 Å². The Morgan fingerprint density at radius 3 is 1.78 bits per heavy atom. The quantitative estimate of drug-likeness (QED) is 0.320. The normalized spacial score (nSPS) is 10.7. The molecule has 5 nitrogen and oxygen atoms in total. The van der Waals surface area contributed by atoms with E-state index >= 15 is 0 Å². The van der Waals surface area contributed by atoms with Gasteiger partial charge in [-0.15, -0.1) is 0 Å². The molecule has 0 atom stereocenters. The summed E-state index contributed by atoms with van der Waals surface area (Å²) in [6, 6.07) is 23.4. The van der Waals surface area contributed by atoms with Crippen molar-refractivity contribution in [1.82, 2.24) is 0 Å². The monoisotopic (exact) mass is 427 g/mol. The summed E-state index contributed by atoms with van der Waals surface area (Å²) in [6.07, 6.45) is 0. The average molecular weight is 428 g/mol. The van der Waals surface area contributed by atoms with Crippen LogP contribution in [-0.2, 0) is 0 Å². The van der Waals surface area contributed by atoms with Crippen molar-refractivity contribution in [3.63, 3.8) is 0 Å². The van der Waals surface area contributed by atoms with E-state index in [1.165, 1.54) is 0 Å². The number of rotatable bonds is 5. The molecule has 0 saturated heterocycles. The number of nitrogens with zero attached hydrogens (tertiary/aromatic N) is 1. The molecular weight excluding hydrogens is 402 g/mol. The molecule has 4 rings (SSSR count). The van der Waals surface area contributed by atoms with Gasteiger partial charge in [-0.25, -0.2) is 0 Å². The van der Waals surface area contributed by atoms with E-state index in [9.17, 15) is 15.3 Å². The van der Waals surface area contributed by atoms with Gasteiger partial charge in [0, 0.05) is 17.4 Å². The molecule has 0 fully saturated rings. The highest BCUT2D eigenvalue weighted by atomic mass is 16.5. The van der Waals surface area contributed by atoms with Crippen LogP contribution in [-0.4, -0.2) is 15.3 Å². The molecule has 0 radical (unpaired) electrons. The predicted molar refractivity (Wildman–Crippen MR) is 127 cm³/mol. The van der Waals surface area contributed by atoms with Crippen LogP contribution < -0.4 is 9.64 Å². The Labute approximate surface area is 187 Å². The third kappa shape index (κ3) is 4.18. The van der Waals surface area contributed by atoms with Crippen LogP contribution >= 0.6 is 0 Å². The second-order valence-electron chi connectivity index (χ2n) is 7.80. The smallest absolute Gasteiger partial charge is 0.151 e. The summed E-state index contributed by atoms with van der Waals surface area (Å²) in [4.78, 5) is 2.01. The maximum atomic E-state index is 10.1. The molecule has 32 heavy (non-hydrogen) atoms. The van der Waals surface area contributed by atoms with Gasteiger partial charge in [-0.3, -0.25) is 0 Å². The molecule has 5 heteroatoms. The summed E-state index contributed by atoms with van der Waals surface area (Å²) in [5.41, 5.74) is 4.80. The summed E-state index contributed by atoms with van der Waals surface area (Å²) < 4.78 is 6.25. The van der Waals surface area contributed by atoms with Crippen molar-refractivity contribution < 1.29 is 20.1 Å². The van der Waals surface area contributed by atoms with Gasteiger partial charge in [0.1, 0.15) is 23.0 Å². The van der Waals surface area contributed by atoms with Gasteiger partial charge in [0.2, 0.25) is 0 Å². The van der Waals surface area contributed by atoms with Gasteiger partial charge < -0.3 is 25.0 Å². The fraction of sp³-hybridized carbons (Fsp3) is 0.111. The van der Waals surface area contributed by atoms with Crippen LogP contribution in [0.25, 0.3) is 0 Å². The molecule has 0 saturated carbocycles. The van der Waals surface area contributed by atoms with Crippen LogP contribution in [0.15, 0.2) is 78.9 Å². The summed E-state index contributed by atoms with van der Waals surface area (Å²) in [6.45, 7) is 5.61. The van der Waals surface area contributed by atoms with Crippen molar-refractivity contribution in [3.8, 4) is 28.7 Å². The molecule has 3 N–H and O–H groups in total. The molecule has 4 aromatic rings. The van der Waals surface area contributed by atoms with Gasteiger partial charge in [-0.2, -0.15) is 0 Å². The Balaban J connectivity index is 1.89. The summed E-state index contributed by atoms with van der Waals surface area (Å²) in [7, 11) is 0. The van der Waals surface area contributed by atoms with Gasteiger partial charge >= 0.3 is 0 Å². The molecule has 4 aromatic carbocycles. The van der Waals surface area contributed by atoms with Crippen molar-refractivity contribution in [2.45, 2.75) is 20.8 Å². The number of aryl methyl sites for hydroxylation is 3. The van der Waals surface area contributed by atoms with Crippen molar-refractivity contribution >= 4 is 17.1 Å². The number of anilines is 3. The maximum absolute atomic E-state index is 10.1. The minimum Gasteiger partial charge on any atom is -0.508 e. The van der Waals surface area contributed by atoms with Crippen molar-refractivity contribution in [3.05, 3.63) is 95.6 Å². The summed E-state index contributed by atoms with van der Waals surface area (Å²) in [5.74, 6) is 1.72. The number of para-hydroxylation sites is 2. The highest BCUT2D eigenvalue weighted by molar-refractivity contribution is 5.81. The summed E-state index contributed by atoms with van der Waals surface area (Å²) >= 11 is 0. The molecule has 0 bridgehead atoms. The number of phenols is 3. The standard InChI is InChI=1S/C27H25NO4/c1-17-8-11-22(29)16-27(17)32-26-7-5-4-6-23(26)28(20-9-12-24(30)18(2)14-20)21-10-13-25(31)19(3)15-21/h4-16,29-31H,1-3H3. The molecule has 0 amide bonds. The van der Waals surface area contributed by atoms with Crippen LogP contribution in [0.3, 0.4) is 0 Å². The Morgan fingerprint density at radius 1 is 0.594 bits per heavy atom. The lowest BCUT2D eigenvalue weighted by molar-refractivity contribution is 0.453. The molecule has 162 valence electrons. The van der Waals surface area contributed by atoms with E-state index in [2.05, 4.69) is 0 Å². The molecule has 0 aliphatic rings. The minimum absolute atomic E-state index is 0.128. The number of hydrogen-bond acceptors (Lipinski definition) is 5. The Hall–Kier alpha value is -4.12. The molecule has 0 aliphatic carbocycles. The van der Waals surface area contributed by atoms with E-state index in [1.54, 1.807) is 30.3 Å². The highest BCUT2D eigenvalue weighted by Gasteiger charge is 2.19. The Morgan fingerprint density at radius 2 is 1.19 bits per heavy atom. The van der Waals surface area contributed by atoms with E-state index < -0.39 is 0 Å². The first-order valence-electron chi connectivity index (χ1n) is 10.3. The van der Waals surface area contributed by atoms with Gasteiger partial charge in [-0.1, -0.05) is 18.2 Å². The average Bonchev–Trinajstić information content (AvgIpc) is 2.77.